The first kappa shape index (κ1) is 15.2. The van der Waals surface area contributed by atoms with Crippen LogP contribution in [-0.2, 0) is 0 Å². The molecule has 1 rings (SSSR count). The molecule has 0 aliphatic heterocycles. The van der Waals surface area contributed by atoms with Crippen LogP contribution < -0.4 is 5.32 Å². The zero-order chi connectivity index (χ0) is 14.6. The molecule has 19 heavy (non-hydrogen) atoms. The average Bonchev–Trinajstić information content (AvgIpc) is 2.34. The number of halogens is 4. The topological polar surface area (TPSA) is 45.2 Å². The van der Waals surface area contributed by atoms with Gasteiger partial charge in [0.25, 0.3) is 5.91 Å². The molecule has 0 radical (unpaired) electrons. The van der Waals surface area contributed by atoms with Crippen molar-refractivity contribution in [3.05, 3.63) is 23.6 Å². The lowest BCUT2D eigenvalue weighted by atomic mass is 10.2. The van der Waals surface area contributed by atoms with Gasteiger partial charge in [0.15, 0.2) is 11.6 Å². The Kier molecular flexibility index (Phi) is 4.68. The van der Waals surface area contributed by atoms with E-state index >= 15 is 0 Å². The molecule has 0 fully saturated rings. The fourth-order valence-corrected chi connectivity index (χ4v) is 1.38. The minimum Gasteiger partial charge on any atom is -0.371 e. The summed E-state index contributed by atoms with van der Waals surface area (Å²) in [7, 11) is 2.61. The number of hydrogen-bond acceptors (Lipinski definition) is 3. The molecule has 4 nitrogen and oxygen atoms in total. The fourth-order valence-electron chi connectivity index (χ4n) is 1.38. The van der Waals surface area contributed by atoms with Gasteiger partial charge in [0.2, 0.25) is 0 Å². The van der Waals surface area contributed by atoms with E-state index in [1.165, 1.54) is 20.3 Å². The summed E-state index contributed by atoms with van der Waals surface area (Å²) in [5.41, 5.74) is -0.316. The molecule has 1 aromatic rings. The van der Waals surface area contributed by atoms with Gasteiger partial charge < -0.3 is 10.2 Å². The monoisotopic (exact) mass is 279 g/mol. The molecular formula is C11H13F4N3O. The smallest absolute Gasteiger partial charge is 0.371 e. The fraction of sp³-hybridized carbons (Fsp3) is 0.455. The Hall–Kier alpha value is -1.86. The number of nitrogens with one attached hydrogen (secondary N) is 1. The molecular weight excluding hydrogens is 266 g/mol. The first-order valence-corrected chi connectivity index (χ1v) is 5.40. The number of carbonyl (C=O) groups is 1. The summed E-state index contributed by atoms with van der Waals surface area (Å²) in [6, 6.07) is 1.13. The lowest BCUT2D eigenvalue weighted by Gasteiger charge is -2.18. The molecule has 0 atom stereocenters. The van der Waals surface area contributed by atoms with E-state index in [9.17, 15) is 22.4 Å². The van der Waals surface area contributed by atoms with Crippen molar-refractivity contribution in [2.45, 2.75) is 12.6 Å². The lowest BCUT2D eigenvalue weighted by molar-refractivity contribution is -0.136. The highest BCUT2D eigenvalue weighted by molar-refractivity contribution is 5.95. The van der Waals surface area contributed by atoms with E-state index in [1.807, 2.05) is 0 Å². The molecule has 0 saturated carbocycles. The van der Waals surface area contributed by atoms with Crippen molar-refractivity contribution in [1.82, 2.24) is 9.88 Å². The Morgan fingerprint density at radius 2 is 2.11 bits per heavy atom. The first-order chi connectivity index (χ1) is 8.76. The lowest BCUT2D eigenvalue weighted by Crippen LogP contribution is -2.31. The van der Waals surface area contributed by atoms with Crippen LogP contribution in [0.25, 0.3) is 0 Å². The number of hydrogen-bond donors (Lipinski definition) is 1. The highest BCUT2D eigenvalue weighted by atomic mass is 19.4. The number of alkyl halides is 3. The zero-order valence-corrected chi connectivity index (χ0v) is 10.4. The van der Waals surface area contributed by atoms with Gasteiger partial charge in [0.1, 0.15) is 0 Å². The molecule has 0 bridgehead atoms. The molecule has 0 unspecified atom stereocenters. The maximum atomic E-state index is 13.8. The van der Waals surface area contributed by atoms with E-state index < -0.39 is 30.9 Å². The van der Waals surface area contributed by atoms with Crippen LogP contribution in [0.15, 0.2) is 12.3 Å². The molecule has 0 aliphatic rings. The Labute approximate surface area is 107 Å². The van der Waals surface area contributed by atoms with E-state index in [1.54, 1.807) is 0 Å². The van der Waals surface area contributed by atoms with Crippen LogP contribution in [0.3, 0.4) is 0 Å². The summed E-state index contributed by atoms with van der Waals surface area (Å²) in [6.07, 6.45) is -4.29. The number of anilines is 1. The second-order valence-electron chi connectivity index (χ2n) is 3.86. The van der Waals surface area contributed by atoms with E-state index in [-0.39, 0.29) is 11.4 Å². The molecule has 0 aromatic carbocycles. The van der Waals surface area contributed by atoms with Crippen molar-refractivity contribution in [1.29, 1.82) is 0 Å². The van der Waals surface area contributed by atoms with Gasteiger partial charge in [-0.15, -0.1) is 0 Å². The van der Waals surface area contributed by atoms with Gasteiger partial charge in [0, 0.05) is 26.8 Å². The Bertz CT molecular complexity index is 462. The number of amides is 1. The van der Waals surface area contributed by atoms with Crippen molar-refractivity contribution in [2.24, 2.45) is 0 Å². The molecule has 1 aromatic heterocycles. The van der Waals surface area contributed by atoms with E-state index in [0.717, 1.165) is 11.0 Å². The van der Waals surface area contributed by atoms with Crippen molar-refractivity contribution in [3.8, 4) is 0 Å². The van der Waals surface area contributed by atoms with Crippen LogP contribution in [-0.4, -0.2) is 42.6 Å². The average molecular weight is 279 g/mol. The van der Waals surface area contributed by atoms with Crippen LogP contribution >= 0.6 is 0 Å². The highest BCUT2D eigenvalue weighted by Crippen LogP contribution is 2.21. The molecule has 1 N–H and O–H groups in total. The largest absolute Gasteiger partial charge is 0.390 e. The quantitative estimate of drug-likeness (QED) is 0.860. The molecule has 106 valence electrons. The highest BCUT2D eigenvalue weighted by Gasteiger charge is 2.29. The van der Waals surface area contributed by atoms with Crippen LogP contribution in [0.4, 0.5) is 23.4 Å². The van der Waals surface area contributed by atoms with Crippen molar-refractivity contribution >= 4 is 11.7 Å². The van der Waals surface area contributed by atoms with E-state index in [0.29, 0.717) is 0 Å². The number of nitrogens with zero attached hydrogens (tertiary/aromatic N) is 2. The number of carbonyl (C=O) groups excluding carboxylic acids is 1. The predicted octanol–water partition coefficient (Wildman–Crippen LogP) is 2.29. The summed E-state index contributed by atoms with van der Waals surface area (Å²) in [5.74, 6) is -1.83. The Morgan fingerprint density at radius 1 is 1.47 bits per heavy atom. The molecule has 0 saturated heterocycles. The molecule has 8 heteroatoms. The minimum atomic E-state index is -4.36. The normalized spacial score (nSPS) is 11.3. The van der Waals surface area contributed by atoms with Gasteiger partial charge >= 0.3 is 6.18 Å². The molecule has 1 amide bonds. The maximum Gasteiger partial charge on any atom is 0.390 e. The molecule has 1 heterocycles. The van der Waals surface area contributed by atoms with Crippen LogP contribution in [0.2, 0.25) is 0 Å². The third-order valence-electron chi connectivity index (χ3n) is 2.43. The third-order valence-corrected chi connectivity index (χ3v) is 2.43. The minimum absolute atomic E-state index is 0.130. The third kappa shape index (κ3) is 4.08. The van der Waals surface area contributed by atoms with Crippen molar-refractivity contribution < 1.29 is 22.4 Å². The second kappa shape index (κ2) is 5.85. The van der Waals surface area contributed by atoms with E-state index in [4.69, 9.17) is 0 Å². The summed E-state index contributed by atoms with van der Waals surface area (Å²) in [6.45, 7) is -0.529. The van der Waals surface area contributed by atoms with Gasteiger partial charge in [-0.25, -0.2) is 9.37 Å². The molecule has 0 aliphatic carbocycles. The summed E-state index contributed by atoms with van der Waals surface area (Å²) >= 11 is 0. The van der Waals surface area contributed by atoms with Gasteiger partial charge in [-0.3, -0.25) is 4.79 Å². The van der Waals surface area contributed by atoms with Gasteiger partial charge in [-0.1, -0.05) is 0 Å². The van der Waals surface area contributed by atoms with Gasteiger partial charge in [-0.2, -0.15) is 13.2 Å². The number of rotatable bonds is 4. The Balaban J connectivity index is 2.83. The van der Waals surface area contributed by atoms with Crippen LogP contribution in [0.1, 0.15) is 16.8 Å². The van der Waals surface area contributed by atoms with Crippen molar-refractivity contribution in [3.63, 3.8) is 0 Å². The van der Waals surface area contributed by atoms with Crippen LogP contribution in [0, 0.1) is 5.82 Å². The van der Waals surface area contributed by atoms with Crippen molar-refractivity contribution in [2.75, 3.05) is 26.0 Å². The predicted molar refractivity (Wildman–Crippen MR) is 61.4 cm³/mol. The van der Waals surface area contributed by atoms with Gasteiger partial charge in [0.05, 0.1) is 12.0 Å². The summed E-state index contributed by atoms with van der Waals surface area (Å²) in [5, 5.41) is 2.45. The number of aromatic nitrogens is 1. The zero-order valence-electron chi connectivity index (χ0n) is 10.4. The molecule has 0 spiro atoms. The maximum absolute atomic E-state index is 13.8. The Morgan fingerprint density at radius 3 is 2.63 bits per heavy atom. The van der Waals surface area contributed by atoms with Gasteiger partial charge in [-0.05, 0) is 6.07 Å². The summed E-state index contributed by atoms with van der Waals surface area (Å²) < 4.78 is 49.9. The number of pyridine rings is 1. The van der Waals surface area contributed by atoms with Crippen LogP contribution in [0.5, 0.6) is 0 Å². The standard InChI is InChI=1S/C11H13F4N3O/c1-16-9-8(12)7(3-5-17-9)10(19)18(2)6-4-11(13,14)15/h3,5H,4,6H2,1-2H3,(H,16,17). The second-order valence-corrected chi connectivity index (χ2v) is 3.86. The SMILES string of the molecule is CNc1nccc(C(=O)N(C)CCC(F)(F)F)c1F. The summed E-state index contributed by atoms with van der Waals surface area (Å²) in [4.78, 5) is 16.3. The van der Waals surface area contributed by atoms with E-state index in [2.05, 4.69) is 10.3 Å². The first-order valence-electron chi connectivity index (χ1n) is 5.40.